The number of hydrogen-bond donors (Lipinski definition) is 0. The average Bonchev–Trinajstić information content (AvgIpc) is 3.36. The highest BCUT2D eigenvalue weighted by atomic mass is 16.5. The molecule has 1 saturated heterocycles. The third-order valence-electron chi connectivity index (χ3n) is 5.02. The van der Waals surface area contributed by atoms with Gasteiger partial charge in [0.2, 0.25) is 5.91 Å². The Bertz CT molecular complexity index is 582. The number of carbonyl (C=O) groups excluding carboxylic acids is 2. The van der Waals surface area contributed by atoms with Gasteiger partial charge < -0.3 is 14.5 Å². The molecule has 0 spiro atoms. The summed E-state index contributed by atoms with van der Waals surface area (Å²) in [6, 6.07) is 9.85. The van der Waals surface area contributed by atoms with Gasteiger partial charge in [-0.3, -0.25) is 9.59 Å². The monoisotopic (exact) mass is 330 g/mol. The van der Waals surface area contributed by atoms with Gasteiger partial charge in [-0.25, -0.2) is 0 Å². The summed E-state index contributed by atoms with van der Waals surface area (Å²) in [6.07, 6.45) is 0.554. The smallest absolute Gasteiger partial charge is 0.251 e. The van der Waals surface area contributed by atoms with Crippen LogP contribution < -0.4 is 0 Å². The fraction of sp³-hybridized carbons (Fsp3) is 0.579. The zero-order valence-electron chi connectivity index (χ0n) is 14.5. The first-order chi connectivity index (χ1) is 11.6. The molecule has 1 aliphatic heterocycles. The molecule has 0 bridgehead atoms. The second kappa shape index (κ2) is 7.34. The van der Waals surface area contributed by atoms with Gasteiger partial charge in [-0.2, -0.15) is 0 Å². The topological polar surface area (TPSA) is 49.9 Å². The summed E-state index contributed by atoms with van der Waals surface area (Å²) in [4.78, 5) is 28.5. The number of piperazine rings is 1. The number of rotatable bonds is 5. The Hall–Kier alpha value is -1.88. The SMILES string of the molecule is C[C@H](OCc1ccccc1)C(=O)N1CCN(C(=O)[C@@H]2C[C@@H]2C)CC1. The second-order valence-corrected chi connectivity index (χ2v) is 6.91. The highest BCUT2D eigenvalue weighted by Gasteiger charge is 2.42. The fourth-order valence-electron chi connectivity index (χ4n) is 3.17. The summed E-state index contributed by atoms with van der Waals surface area (Å²) in [7, 11) is 0. The van der Waals surface area contributed by atoms with Gasteiger partial charge in [-0.1, -0.05) is 37.3 Å². The molecule has 1 aliphatic carbocycles. The van der Waals surface area contributed by atoms with Crippen LogP contribution in [0, 0.1) is 11.8 Å². The number of nitrogens with zero attached hydrogens (tertiary/aromatic N) is 2. The van der Waals surface area contributed by atoms with Crippen LogP contribution in [0.15, 0.2) is 30.3 Å². The number of amides is 2. The quantitative estimate of drug-likeness (QED) is 0.829. The molecule has 1 aromatic rings. The Balaban J connectivity index is 1.43. The Morgan fingerprint density at radius 1 is 1.12 bits per heavy atom. The molecule has 0 radical (unpaired) electrons. The van der Waals surface area contributed by atoms with Gasteiger partial charge in [0.05, 0.1) is 6.61 Å². The number of hydrogen-bond acceptors (Lipinski definition) is 3. The lowest BCUT2D eigenvalue weighted by molar-refractivity contribution is -0.148. The summed E-state index contributed by atoms with van der Waals surface area (Å²) in [5.74, 6) is 1.03. The predicted molar refractivity (Wildman–Crippen MR) is 91.1 cm³/mol. The standard InChI is InChI=1S/C19H26N2O3/c1-14-12-17(14)19(23)21-10-8-20(9-11-21)18(22)15(2)24-13-16-6-4-3-5-7-16/h3-7,14-15,17H,8-13H2,1-2H3/t14-,15-,17+/m0/s1. The fourth-order valence-corrected chi connectivity index (χ4v) is 3.17. The molecule has 0 N–H and O–H groups in total. The van der Waals surface area contributed by atoms with Crippen molar-refractivity contribution >= 4 is 11.8 Å². The molecular formula is C19H26N2O3. The molecule has 0 aromatic heterocycles. The third-order valence-corrected chi connectivity index (χ3v) is 5.02. The van der Waals surface area contributed by atoms with Gasteiger partial charge in [0.15, 0.2) is 0 Å². The molecule has 3 atom stereocenters. The van der Waals surface area contributed by atoms with Crippen LogP contribution in [-0.4, -0.2) is 53.9 Å². The molecule has 1 heterocycles. The van der Waals surface area contributed by atoms with E-state index in [1.807, 2.05) is 40.1 Å². The third kappa shape index (κ3) is 3.96. The summed E-state index contributed by atoms with van der Waals surface area (Å²) < 4.78 is 5.71. The molecule has 2 fully saturated rings. The highest BCUT2D eigenvalue weighted by molar-refractivity contribution is 5.83. The summed E-state index contributed by atoms with van der Waals surface area (Å²) >= 11 is 0. The van der Waals surface area contributed by atoms with Crippen LogP contribution in [0.3, 0.4) is 0 Å². The van der Waals surface area contributed by atoms with E-state index in [4.69, 9.17) is 4.74 Å². The Labute approximate surface area is 143 Å². The Morgan fingerprint density at radius 3 is 2.29 bits per heavy atom. The minimum atomic E-state index is -0.462. The van der Waals surface area contributed by atoms with Crippen molar-refractivity contribution in [2.75, 3.05) is 26.2 Å². The predicted octanol–water partition coefficient (Wildman–Crippen LogP) is 1.92. The van der Waals surface area contributed by atoms with Crippen molar-refractivity contribution in [3.05, 3.63) is 35.9 Å². The maximum absolute atomic E-state index is 12.5. The number of benzene rings is 1. The van der Waals surface area contributed by atoms with Crippen LogP contribution in [-0.2, 0) is 20.9 Å². The van der Waals surface area contributed by atoms with E-state index < -0.39 is 6.10 Å². The van der Waals surface area contributed by atoms with E-state index in [0.29, 0.717) is 38.7 Å². The van der Waals surface area contributed by atoms with Crippen molar-refractivity contribution in [3.63, 3.8) is 0 Å². The van der Waals surface area contributed by atoms with Gasteiger partial charge in [0, 0.05) is 32.1 Å². The van der Waals surface area contributed by atoms with Crippen molar-refractivity contribution in [3.8, 4) is 0 Å². The van der Waals surface area contributed by atoms with Crippen molar-refractivity contribution in [1.82, 2.24) is 9.80 Å². The van der Waals surface area contributed by atoms with E-state index in [2.05, 4.69) is 6.92 Å². The first-order valence-corrected chi connectivity index (χ1v) is 8.79. The molecule has 2 aliphatic rings. The lowest BCUT2D eigenvalue weighted by atomic mass is 10.2. The van der Waals surface area contributed by atoms with Crippen LogP contribution in [0.1, 0.15) is 25.8 Å². The minimum absolute atomic E-state index is 0.0119. The highest BCUT2D eigenvalue weighted by Crippen LogP contribution is 2.39. The molecule has 1 aromatic carbocycles. The molecule has 130 valence electrons. The first kappa shape index (κ1) is 17.0. The second-order valence-electron chi connectivity index (χ2n) is 6.91. The van der Waals surface area contributed by atoms with Gasteiger partial charge in [0.1, 0.15) is 6.10 Å². The van der Waals surface area contributed by atoms with E-state index in [1.165, 1.54) is 0 Å². The van der Waals surface area contributed by atoms with E-state index >= 15 is 0 Å². The van der Waals surface area contributed by atoms with Crippen molar-refractivity contribution in [2.24, 2.45) is 11.8 Å². The van der Waals surface area contributed by atoms with Crippen LogP contribution in [0.4, 0.5) is 0 Å². The molecule has 0 unspecified atom stereocenters. The maximum Gasteiger partial charge on any atom is 0.251 e. The van der Waals surface area contributed by atoms with Crippen molar-refractivity contribution in [2.45, 2.75) is 33.0 Å². The van der Waals surface area contributed by atoms with Crippen LogP contribution >= 0.6 is 0 Å². The summed E-state index contributed by atoms with van der Waals surface area (Å²) in [6.45, 7) is 6.84. The van der Waals surface area contributed by atoms with E-state index in [9.17, 15) is 9.59 Å². The van der Waals surface area contributed by atoms with Gasteiger partial charge >= 0.3 is 0 Å². The average molecular weight is 330 g/mol. The van der Waals surface area contributed by atoms with E-state index in [1.54, 1.807) is 6.92 Å². The number of ether oxygens (including phenoxy) is 1. The molecular weight excluding hydrogens is 304 g/mol. The summed E-state index contributed by atoms with van der Waals surface area (Å²) in [5, 5.41) is 0. The zero-order chi connectivity index (χ0) is 17.1. The molecule has 5 nitrogen and oxygen atoms in total. The first-order valence-electron chi connectivity index (χ1n) is 8.79. The molecule has 1 saturated carbocycles. The molecule has 24 heavy (non-hydrogen) atoms. The minimum Gasteiger partial charge on any atom is -0.364 e. The molecule has 3 rings (SSSR count). The molecule has 5 heteroatoms. The van der Waals surface area contributed by atoms with Gasteiger partial charge in [-0.15, -0.1) is 0 Å². The Morgan fingerprint density at radius 2 is 1.71 bits per heavy atom. The van der Waals surface area contributed by atoms with Crippen LogP contribution in [0.2, 0.25) is 0 Å². The normalized spacial score (nSPS) is 24.6. The Kier molecular flexibility index (Phi) is 5.19. The number of carbonyl (C=O) groups is 2. The largest absolute Gasteiger partial charge is 0.364 e. The lowest BCUT2D eigenvalue weighted by Crippen LogP contribution is -2.53. The lowest BCUT2D eigenvalue weighted by Gasteiger charge is -2.36. The van der Waals surface area contributed by atoms with E-state index in [0.717, 1.165) is 12.0 Å². The molecule has 2 amide bonds. The van der Waals surface area contributed by atoms with Gasteiger partial charge in [0.25, 0.3) is 5.91 Å². The van der Waals surface area contributed by atoms with Crippen molar-refractivity contribution < 1.29 is 14.3 Å². The zero-order valence-corrected chi connectivity index (χ0v) is 14.5. The van der Waals surface area contributed by atoms with Crippen LogP contribution in [0.25, 0.3) is 0 Å². The van der Waals surface area contributed by atoms with Gasteiger partial charge in [-0.05, 0) is 24.8 Å². The van der Waals surface area contributed by atoms with Crippen molar-refractivity contribution in [1.29, 1.82) is 0 Å². The maximum atomic E-state index is 12.5. The summed E-state index contributed by atoms with van der Waals surface area (Å²) in [5.41, 5.74) is 1.06. The van der Waals surface area contributed by atoms with E-state index in [-0.39, 0.29) is 17.7 Å². The van der Waals surface area contributed by atoms with Crippen LogP contribution in [0.5, 0.6) is 0 Å².